The first-order chi connectivity index (χ1) is 10.1. The number of carbonyl (C=O) groups excluding carboxylic acids is 1. The van der Waals surface area contributed by atoms with Crippen LogP contribution in [0.25, 0.3) is 0 Å². The van der Waals surface area contributed by atoms with Crippen LogP contribution in [0.3, 0.4) is 0 Å². The number of hydrazine groups is 1. The number of carbonyl (C=O) groups is 1. The second kappa shape index (κ2) is 6.38. The molecule has 21 heavy (non-hydrogen) atoms. The summed E-state index contributed by atoms with van der Waals surface area (Å²) in [5.74, 6) is 0. The molecule has 0 aliphatic heterocycles. The molecule has 7 heteroatoms. The van der Waals surface area contributed by atoms with E-state index in [1.807, 2.05) is 30.3 Å². The number of nitro groups is 1. The van der Waals surface area contributed by atoms with E-state index < -0.39 is 11.0 Å². The van der Waals surface area contributed by atoms with Gasteiger partial charge < -0.3 is 5.32 Å². The predicted octanol–water partition coefficient (Wildman–Crippen LogP) is 2.77. The zero-order valence-corrected chi connectivity index (χ0v) is 11.3. The molecule has 0 saturated carbocycles. The first kappa shape index (κ1) is 14.3. The minimum atomic E-state index is -0.493. The zero-order valence-electron chi connectivity index (χ0n) is 11.3. The molecule has 0 bridgehead atoms. The Bertz CT molecular complexity index is 628. The van der Waals surface area contributed by atoms with E-state index >= 15 is 0 Å². The third-order valence-corrected chi connectivity index (χ3v) is 2.75. The van der Waals surface area contributed by atoms with Crippen LogP contribution < -0.4 is 15.8 Å². The summed E-state index contributed by atoms with van der Waals surface area (Å²) in [6.07, 6.45) is 0. The highest BCUT2D eigenvalue weighted by Crippen LogP contribution is 2.15. The van der Waals surface area contributed by atoms with Crippen molar-refractivity contribution in [1.29, 1.82) is 0 Å². The van der Waals surface area contributed by atoms with E-state index in [0.29, 0.717) is 5.69 Å². The summed E-state index contributed by atoms with van der Waals surface area (Å²) >= 11 is 0. The summed E-state index contributed by atoms with van der Waals surface area (Å²) in [7, 11) is 1.71. The maximum absolute atomic E-state index is 11.8. The molecule has 0 radical (unpaired) electrons. The summed E-state index contributed by atoms with van der Waals surface area (Å²) in [5, 5.41) is 14.7. The van der Waals surface area contributed by atoms with Crippen LogP contribution in [0.4, 0.5) is 21.9 Å². The highest BCUT2D eigenvalue weighted by molar-refractivity contribution is 5.90. The van der Waals surface area contributed by atoms with Crippen molar-refractivity contribution in [2.24, 2.45) is 0 Å². The molecule has 2 rings (SSSR count). The lowest BCUT2D eigenvalue weighted by Gasteiger charge is -2.20. The zero-order chi connectivity index (χ0) is 15.2. The fourth-order valence-electron chi connectivity index (χ4n) is 1.69. The lowest BCUT2D eigenvalue weighted by molar-refractivity contribution is -0.384. The third kappa shape index (κ3) is 3.93. The molecule has 0 aliphatic carbocycles. The molecule has 2 amide bonds. The van der Waals surface area contributed by atoms with Gasteiger partial charge in [0.25, 0.3) is 5.69 Å². The van der Waals surface area contributed by atoms with Gasteiger partial charge in [0.1, 0.15) is 0 Å². The summed E-state index contributed by atoms with van der Waals surface area (Å²) in [5.41, 5.74) is 3.91. The van der Waals surface area contributed by atoms with Crippen LogP contribution in [-0.2, 0) is 0 Å². The first-order valence-electron chi connectivity index (χ1n) is 6.17. The van der Waals surface area contributed by atoms with Gasteiger partial charge in [0, 0.05) is 24.9 Å². The van der Waals surface area contributed by atoms with Gasteiger partial charge in [-0.15, -0.1) is 0 Å². The van der Waals surface area contributed by atoms with E-state index in [2.05, 4.69) is 10.7 Å². The van der Waals surface area contributed by atoms with E-state index in [4.69, 9.17) is 0 Å². The van der Waals surface area contributed by atoms with Gasteiger partial charge in [0.2, 0.25) is 0 Å². The molecule has 7 nitrogen and oxygen atoms in total. The molecule has 0 aliphatic rings. The monoisotopic (exact) mass is 286 g/mol. The average Bonchev–Trinajstić information content (AvgIpc) is 2.48. The summed E-state index contributed by atoms with van der Waals surface area (Å²) in [4.78, 5) is 21.9. The second-order valence-electron chi connectivity index (χ2n) is 4.26. The number of urea groups is 1. The molecule has 2 aromatic carbocycles. The SMILES string of the molecule is CN(NC(=O)Nc1ccc([N+](=O)[O-])cc1)c1ccccc1. The normalized spacial score (nSPS) is 9.76. The molecule has 0 spiro atoms. The van der Waals surface area contributed by atoms with Crippen molar-refractivity contribution in [3.05, 3.63) is 64.7 Å². The molecule has 0 aromatic heterocycles. The highest BCUT2D eigenvalue weighted by atomic mass is 16.6. The number of nitrogens with one attached hydrogen (secondary N) is 2. The summed E-state index contributed by atoms with van der Waals surface area (Å²) in [6, 6.07) is 14.5. The van der Waals surface area contributed by atoms with Gasteiger partial charge >= 0.3 is 6.03 Å². The third-order valence-electron chi connectivity index (χ3n) is 2.75. The number of anilines is 2. The molecule has 0 unspecified atom stereocenters. The van der Waals surface area contributed by atoms with E-state index in [1.54, 1.807) is 12.1 Å². The van der Waals surface area contributed by atoms with Crippen LogP contribution in [0, 0.1) is 10.1 Å². The van der Waals surface area contributed by atoms with Crippen molar-refractivity contribution in [2.45, 2.75) is 0 Å². The summed E-state index contributed by atoms with van der Waals surface area (Å²) < 4.78 is 0. The second-order valence-corrected chi connectivity index (χ2v) is 4.26. The lowest BCUT2D eigenvalue weighted by Crippen LogP contribution is -2.41. The minimum absolute atomic E-state index is 0.0256. The van der Waals surface area contributed by atoms with E-state index in [9.17, 15) is 14.9 Å². The fraction of sp³-hybridized carbons (Fsp3) is 0.0714. The van der Waals surface area contributed by atoms with Crippen molar-refractivity contribution < 1.29 is 9.72 Å². The van der Waals surface area contributed by atoms with Gasteiger partial charge in [-0.1, -0.05) is 18.2 Å². The van der Waals surface area contributed by atoms with Crippen LogP contribution in [-0.4, -0.2) is 18.0 Å². The van der Waals surface area contributed by atoms with Gasteiger partial charge in [-0.3, -0.25) is 15.1 Å². The topological polar surface area (TPSA) is 87.5 Å². The molecule has 2 aromatic rings. The van der Waals surface area contributed by atoms with Crippen LogP contribution >= 0.6 is 0 Å². The molecule has 0 heterocycles. The van der Waals surface area contributed by atoms with Gasteiger partial charge in [0.05, 0.1) is 10.6 Å². The van der Waals surface area contributed by atoms with Crippen molar-refractivity contribution in [2.75, 3.05) is 17.4 Å². The highest BCUT2D eigenvalue weighted by Gasteiger charge is 2.08. The number of amides is 2. The summed E-state index contributed by atoms with van der Waals surface area (Å²) in [6.45, 7) is 0. The fourth-order valence-corrected chi connectivity index (χ4v) is 1.69. The van der Waals surface area contributed by atoms with Crippen molar-refractivity contribution in [3.63, 3.8) is 0 Å². The molecule has 0 atom stereocenters. The average molecular weight is 286 g/mol. The number of non-ortho nitro benzene ring substituents is 1. The number of nitro benzene ring substituents is 1. The van der Waals surface area contributed by atoms with Crippen molar-refractivity contribution in [3.8, 4) is 0 Å². The predicted molar refractivity (Wildman–Crippen MR) is 80.1 cm³/mol. The Kier molecular flexibility index (Phi) is 4.35. The Morgan fingerprint density at radius 2 is 1.71 bits per heavy atom. The molecular formula is C14H14N4O3. The Labute approximate surface area is 121 Å². The Morgan fingerprint density at radius 3 is 2.29 bits per heavy atom. The maximum Gasteiger partial charge on any atom is 0.338 e. The lowest BCUT2D eigenvalue weighted by atomic mass is 10.3. The number of hydrogen-bond acceptors (Lipinski definition) is 4. The van der Waals surface area contributed by atoms with Crippen molar-refractivity contribution in [1.82, 2.24) is 5.43 Å². The van der Waals surface area contributed by atoms with Crippen molar-refractivity contribution >= 4 is 23.1 Å². The Balaban J connectivity index is 1.94. The molecule has 0 saturated heterocycles. The minimum Gasteiger partial charge on any atom is -0.307 e. The number of nitrogens with zero attached hydrogens (tertiary/aromatic N) is 2. The van der Waals surface area contributed by atoms with Crippen LogP contribution in [0.15, 0.2) is 54.6 Å². The van der Waals surface area contributed by atoms with Crippen LogP contribution in [0.5, 0.6) is 0 Å². The van der Waals surface area contributed by atoms with Gasteiger partial charge in [-0.05, 0) is 24.3 Å². The molecule has 108 valence electrons. The standard InChI is InChI=1S/C14H14N4O3/c1-17(12-5-3-2-4-6-12)16-14(19)15-11-7-9-13(10-8-11)18(20)21/h2-10H,1H3,(H2,15,16,19). The maximum atomic E-state index is 11.8. The van der Waals surface area contributed by atoms with E-state index in [0.717, 1.165) is 5.69 Å². The smallest absolute Gasteiger partial charge is 0.307 e. The number of rotatable bonds is 4. The first-order valence-corrected chi connectivity index (χ1v) is 6.17. The quantitative estimate of drug-likeness (QED) is 0.668. The van der Waals surface area contributed by atoms with Crippen LogP contribution in [0.2, 0.25) is 0 Å². The number of hydrogen-bond donors (Lipinski definition) is 2. The molecular weight excluding hydrogens is 272 g/mol. The Morgan fingerprint density at radius 1 is 1.10 bits per heavy atom. The number of benzene rings is 2. The van der Waals surface area contributed by atoms with Gasteiger partial charge in [-0.25, -0.2) is 10.2 Å². The van der Waals surface area contributed by atoms with E-state index in [1.165, 1.54) is 24.3 Å². The number of para-hydroxylation sites is 1. The Hall–Kier alpha value is -3.09. The van der Waals surface area contributed by atoms with Gasteiger partial charge in [0.15, 0.2) is 0 Å². The van der Waals surface area contributed by atoms with Gasteiger partial charge in [-0.2, -0.15) is 0 Å². The van der Waals surface area contributed by atoms with E-state index in [-0.39, 0.29) is 5.69 Å². The molecule has 2 N–H and O–H groups in total. The largest absolute Gasteiger partial charge is 0.338 e. The molecule has 0 fully saturated rings. The van der Waals surface area contributed by atoms with Crippen LogP contribution in [0.1, 0.15) is 0 Å².